The minimum absolute atomic E-state index is 0.0399. The van der Waals surface area contributed by atoms with Crippen LogP contribution >= 0.6 is 0 Å². The van der Waals surface area contributed by atoms with Gasteiger partial charge in [0.25, 0.3) is 0 Å². The normalized spacial score (nSPS) is 39.5. The van der Waals surface area contributed by atoms with Gasteiger partial charge in [-0.25, -0.2) is 13.2 Å². The summed E-state index contributed by atoms with van der Waals surface area (Å²) in [4.78, 5) is 0. The summed E-state index contributed by atoms with van der Waals surface area (Å²) in [5.41, 5.74) is 0.0653. The predicted molar refractivity (Wildman–Crippen MR) is 82.1 cm³/mol. The van der Waals surface area contributed by atoms with E-state index in [0.29, 0.717) is 12.3 Å². The third-order valence-electron chi connectivity index (χ3n) is 5.25. The van der Waals surface area contributed by atoms with Gasteiger partial charge in [-0.15, -0.1) is 0 Å². The third-order valence-corrected chi connectivity index (χ3v) is 5.25. The van der Waals surface area contributed by atoms with Crippen molar-refractivity contribution in [1.82, 2.24) is 0 Å². The van der Waals surface area contributed by atoms with Crippen LogP contribution in [-0.2, 0) is 0 Å². The second kappa shape index (κ2) is 6.64. The van der Waals surface area contributed by atoms with Crippen molar-refractivity contribution < 1.29 is 17.3 Å². The number of benzene rings is 1. The van der Waals surface area contributed by atoms with Gasteiger partial charge in [-0.2, -0.15) is 0 Å². The maximum absolute atomic E-state index is 13.6. The average Bonchev–Trinajstić information content (AvgIpc) is 2.51. The van der Waals surface area contributed by atoms with Crippen molar-refractivity contribution in [2.75, 3.05) is 0 Å². The first kappa shape index (κ1) is 12.4. The van der Waals surface area contributed by atoms with Crippen LogP contribution in [-0.4, -0.2) is 0 Å². The second-order valence-corrected chi connectivity index (χ2v) is 6.77. The molecule has 22 heavy (non-hydrogen) atoms. The summed E-state index contributed by atoms with van der Waals surface area (Å²) in [6.45, 7) is 2.15. The Labute approximate surface area is 135 Å². The van der Waals surface area contributed by atoms with E-state index < -0.39 is 36.1 Å². The molecule has 1 aromatic rings. The molecule has 5 atom stereocenters. The molecule has 3 heteroatoms. The zero-order valence-corrected chi connectivity index (χ0v) is 12.9. The smallest absolute Gasteiger partial charge is 0.194 e. The molecule has 2 saturated carbocycles. The van der Waals surface area contributed by atoms with Crippen molar-refractivity contribution in [3.8, 4) is 0 Å². The SMILES string of the molecule is [2H]C1C2CCC(CCC)CC2CC([2H])([2H])C1c1cc(F)c(F)c(F)c1. The van der Waals surface area contributed by atoms with Gasteiger partial charge in [-0.3, -0.25) is 0 Å². The standard InChI is InChI=1S/C19H25F3/c1-2-3-12-4-5-14-9-15(7-6-13(14)8-12)16-10-17(20)19(22)18(21)11-16/h10-15H,2-9H2,1H3/i7D2,9D. The summed E-state index contributed by atoms with van der Waals surface area (Å²) in [5.74, 6) is -4.32. The molecule has 122 valence electrons. The van der Waals surface area contributed by atoms with Gasteiger partial charge >= 0.3 is 0 Å². The zero-order valence-electron chi connectivity index (χ0n) is 15.9. The van der Waals surface area contributed by atoms with E-state index in [9.17, 15) is 13.2 Å². The molecular formula is C19H25F3. The van der Waals surface area contributed by atoms with E-state index in [0.717, 1.165) is 44.2 Å². The monoisotopic (exact) mass is 313 g/mol. The Morgan fingerprint density at radius 2 is 1.82 bits per heavy atom. The molecule has 2 aliphatic rings. The van der Waals surface area contributed by atoms with Crippen LogP contribution in [0.5, 0.6) is 0 Å². The molecule has 0 amide bonds. The lowest BCUT2D eigenvalue weighted by Gasteiger charge is -2.42. The fourth-order valence-corrected chi connectivity index (χ4v) is 4.12. The fourth-order valence-electron chi connectivity index (χ4n) is 4.12. The van der Waals surface area contributed by atoms with E-state index in [1.807, 2.05) is 0 Å². The highest BCUT2D eigenvalue weighted by molar-refractivity contribution is 5.24. The van der Waals surface area contributed by atoms with Crippen LogP contribution in [0, 0.1) is 35.2 Å². The lowest BCUT2D eigenvalue weighted by molar-refractivity contribution is 0.114. The summed E-state index contributed by atoms with van der Waals surface area (Å²) in [6, 6.07) is 1.73. The molecule has 0 saturated heterocycles. The van der Waals surface area contributed by atoms with Crippen LogP contribution in [0.15, 0.2) is 12.1 Å². The highest BCUT2D eigenvalue weighted by Crippen LogP contribution is 2.48. The molecule has 0 heterocycles. The molecule has 0 aliphatic heterocycles. The van der Waals surface area contributed by atoms with Crippen LogP contribution in [0.3, 0.4) is 0 Å². The van der Waals surface area contributed by atoms with Gasteiger partial charge in [-0.05, 0) is 73.4 Å². The first-order valence-electron chi connectivity index (χ1n) is 9.89. The van der Waals surface area contributed by atoms with Crippen molar-refractivity contribution in [1.29, 1.82) is 0 Å². The van der Waals surface area contributed by atoms with Crippen LogP contribution in [0.4, 0.5) is 13.2 Å². The lowest BCUT2D eigenvalue weighted by Crippen LogP contribution is -2.30. The number of hydrogen-bond acceptors (Lipinski definition) is 0. The number of halogens is 3. The van der Waals surface area contributed by atoms with E-state index >= 15 is 0 Å². The van der Waals surface area contributed by atoms with E-state index in [1.54, 1.807) is 0 Å². The molecule has 3 rings (SSSR count). The minimum atomic E-state index is -1.72. The van der Waals surface area contributed by atoms with Gasteiger partial charge < -0.3 is 0 Å². The van der Waals surface area contributed by atoms with E-state index in [-0.39, 0.29) is 17.4 Å². The number of hydrogen-bond donors (Lipinski definition) is 0. The molecule has 0 radical (unpaired) electrons. The van der Waals surface area contributed by atoms with Gasteiger partial charge in [0, 0.05) is 4.11 Å². The Kier molecular flexibility index (Phi) is 3.75. The van der Waals surface area contributed by atoms with Crippen molar-refractivity contribution in [3.63, 3.8) is 0 Å². The lowest BCUT2D eigenvalue weighted by atomic mass is 9.63. The number of rotatable bonds is 3. The zero-order chi connectivity index (χ0) is 18.4. The second-order valence-electron chi connectivity index (χ2n) is 6.77. The molecular weight excluding hydrogens is 285 g/mol. The Balaban J connectivity index is 1.90. The van der Waals surface area contributed by atoms with E-state index in [4.69, 9.17) is 4.11 Å². The quantitative estimate of drug-likeness (QED) is 0.582. The van der Waals surface area contributed by atoms with Crippen molar-refractivity contribution in [3.05, 3.63) is 35.1 Å². The maximum Gasteiger partial charge on any atom is 0.194 e. The third kappa shape index (κ3) is 3.18. The Bertz CT molecular complexity index is 611. The van der Waals surface area contributed by atoms with Gasteiger partial charge in [0.1, 0.15) is 0 Å². The minimum Gasteiger partial charge on any atom is -0.204 e. The topological polar surface area (TPSA) is 0 Å². The summed E-state index contributed by atoms with van der Waals surface area (Å²) >= 11 is 0. The van der Waals surface area contributed by atoms with Crippen LogP contribution in [0.1, 0.15) is 73.8 Å². The molecule has 2 aliphatic carbocycles. The maximum atomic E-state index is 13.6. The summed E-state index contributed by atoms with van der Waals surface area (Å²) in [6.07, 6.45) is 2.89. The van der Waals surface area contributed by atoms with Gasteiger partial charge in [-0.1, -0.05) is 26.2 Å². The summed E-state index contributed by atoms with van der Waals surface area (Å²) in [5, 5.41) is 0. The summed E-state index contributed by atoms with van der Waals surface area (Å²) in [7, 11) is 0. The van der Waals surface area contributed by atoms with Crippen LogP contribution < -0.4 is 0 Å². The Hall–Kier alpha value is -0.990. The Morgan fingerprint density at radius 1 is 1.09 bits per heavy atom. The molecule has 5 unspecified atom stereocenters. The first-order valence-corrected chi connectivity index (χ1v) is 8.31. The fraction of sp³-hybridized carbons (Fsp3) is 0.684. The predicted octanol–water partition coefficient (Wildman–Crippen LogP) is 6.20. The van der Waals surface area contributed by atoms with E-state index in [2.05, 4.69) is 6.92 Å². The van der Waals surface area contributed by atoms with Crippen LogP contribution in [0.25, 0.3) is 0 Å². The van der Waals surface area contributed by atoms with Gasteiger partial charge in [0.15, 0.2) is 17.5 Å². The van der Waals surface area contributed by atoms with Gasteiger partial charge in [0.2, 0.25) is 0 Å². The van der Waals surface area contributed by atoms with Crippen molar-refractivity contribution >= 4 is 0 Å². The molecule has 2 fully saturated rings. The van der Waals surface area contributed by atoms with Gasteiger partial charge in [0.05, 0.1) is 0 Å². The summed E-state index contributed by atoms with van der Waals surface area (Å²) < 4.78 is 66.1. The highest BCUT2D eigenvalue weighted by atomic mass is 19.2. The van der Waals surface area contributed by atoms with Crippen LogP contribution in [0.2, 0.25) is 0 Å². The molecule has 0 spiro atoms. The first-order chi connectivity index (χ1) is 11.7. The largest absolute Gasteiger partial charge is 0.204 e. The number of fused-ring (bicyclic) bond motifs is 1. The molecule has 1 aromatic carbocycles. The Morgan fingerprint density at radius 3 is 2.50 bits per heavy atom. The molecule has 0 N–H and O–H groups in total. The van der Waals surface area contributed by atoms with Crippen molar-refractivity contribution in [2.45, 2.75) is 64.1 Å². The highest BCUT2D eigenvalue weighted by Gasteiger charge is 2.36. The average molecular weight is 313 g/mol. The molecule has 0 aromatic heterocycles. The molecule has 0 bridgehead atoms. The van der Waals surface area contributed by atoms with Crippen molar-refractivity contribution in [2.24, 2.45) is 17.8 Å². The van der Waals surface area contributed by atoms with E-state index in [1.165, 1.54) is 0 Å². The molecule has 0 nitrogen and oxygen atoms in total.